The van der Waals surface area contributed by atoms with E-state index in [-0.39, 0.29) is 30.9 Å². The lowest BCUT2D eigenvalue weighted by Crippen LogP contribution is -2.39. The number of carbonyl (C=O) groups excluding carboxylic acids is 2. The van der Waals surface area contributed by atoms with Crippen molar-refractivity contribution < 1.29 is 19.1 Å². The number of hydrogen-bond donors (Lipinski definition) is 0. The Balaban J connectivity index is 2.10. The van der Waals surface area contributed by atoms with Crippen LogP contribution in [0.15, 0.2) is 59.4 Å². The van der Waals surface area contributed by atoms with Gasteiger partial charge in [-0.05, 0) is 44.0 Å². The predicted octanol–water partition coefficient (Wildman–Crippen LogP) is 4.05. The van der Waals surface area contributed by atoms with Crippen molar-refractivity contribution in [1.82, 2.24) is 14.5 Å². The number of aromatic nitrogens is 2. The monoisotopic (exact) mass is 479 g/mol. The number of amides is 1. The van der Waals surface area contributed by atoms with E-state index in [4.69, 9.17) is 14.5 Å². The molecular formula is C27H33N3O5. The molecule has 2 aromatic carbocycles. The van der Waals surface area contributed by atoms with Crippen LogP contribution in [0, 0.1) is 0 Å². The van der Waals surface area contributed by atoms with E-state index >= 15 is 0 Å². The molecule has 0 N–H and O–H groups in total. The first-order valence-electron chi connectivity index (χ1n) is 12.0. The highest BCUT2D eigenvalue weighted by Gasteiger charge is 2.29. The maximum absolute atomic E-state index is 13.6. The summed E-state index contributed by atoms with van der Waals surface area (Å²) in [5.74, 6) is -0.108. The number of benzene rings is 2. The molecule has 0 saturated carbocycles. The van der Waals surface area contributed by atoms with Crippen molar-refractivity contribution in [2.45, 2.75) is 45.6 Å². The van der Waals surface area contributed by atoms with E-state index in [0.717, 1.165) is 0 Å². The molecule has 1 heterocycles. The first-order valence-corrected chi connectivity index (χ1v) is 12.0. The summed E-state index contributed by atoms with van der Waals surface area (Å²) in [4.78, 5) is 45.5. The lowest BCUT2D eigenvalue weighted by atomic mass is 10.1. The van der Waals surface area contributed by atoms with Gasteiger partial charge in [0.25, 0.3) is 5.56 Å². The highest BCUT2D eigenvalue weighted by Crippen LogP contribution is 2.27. The van der Waals surface area contributed by atoms with Crippen molar-refractivity contribution in [2.24, 2.45) is 0 Å². The maximum Gasteiger partial charge on any atom is 0.306 e. The average Bonchev–Trinajstić information content (AvgIpc) is 2.87. The van der Waals surface area contributed by atoms with Crippen LogP contribution in [-0.4, -0.2) is 53.2 Å². The second kappa shape index (κ2) is 12.8. The molecule has 1 amide bonds. The van der Waals surface area contributed by atoms with Crippen molar-refractivity contribution in [2.75, 3.05) is 26.9 Å². The molecule has 3 aromatic rings. The normalized spacial score (nSPS) is 11.9. The SMILES string of the molecule is CCOC(=O)CCC(=O)N(CCCOC)C(CC)c1nc2ccccc2c(=O)n1-c1ccccc1. The van der Waals surface area contributed by atoms with Crippen LogP contribution in [0.4, 0.5) is 0 Å². The molecule has 8 nitrogen and oxygen atoms in total. The van der Waals surface area contributed by atoms with Crippen LogP contribution in [0.1, 0.15) is 51.4 Å². The Morgan fingerprint density at radius 1 is 1.03 bits per heavy atom. The van der Waals surface area contributed by atoms with Crippen LogP contribution in [0.5, 0.6) is 0 Å². The molecule has 0 aliphatic rings. The summed E-state index contributed by atoms with van der Waals surface area (Å²) in [5.41, 5.74) is 1.07. The van der Waals surface area contributed by atoms with Gasteiger partial charge in [-0.15, -0.1) is 0 Å². The number of methoxy groups -OCH3 is 1. The summed E-state index contributed by atoms with van der Waals surface area (Å²) in [6.45, 7) is 4.86. The van der Waals surface area contributed by atoms with Gasteiger partial charge in [-0.25, -0.2) is 4.98 Å². The molecule has 0 bridgehead atoms. The molecule has 186 valence electrons. The second-order valence-electron chi connectivity index (χ2n) is 8.13. The highest BCUT2D eigenvalue weighted by atomic mass is 16.5. The molecule has 0 radical (unpaired) electrons. The number of hydrogen-bond acceptors (Lipinski definition) is 6. The zero-order valence-corrected chi connectivity index (χ0v) is 20.6. The molecule has 3 rings (SSSR count). The minimum absolute atomic E-state index is 0.000521. The molecule has 0 spiro atoms. The maximum atomic E-state index is 13.6. The van der Waals surface area contributed by atoms with E-state index in [9.17, 15) is 14.4 Å². The summed E-state index contributed by atoms with van der Waals surface area (Å²) in [6.07, 6.45) is 1.17. The fourth-order valence-corrected chi connectivity index (χ4v) is 4.16. The Bertz CT molecular complexity index is 1190. The quantitative estimate of drug-likeness (QED) is 0.288. The molecule has 1 aromatic heterocycles. The number of esters is 1. The molecule has 0 saturated heterocycles. The number of carbonyl (C=O) groups is 2. The largest absolute Gasteiger partial charge is 0.466 e. The Morgan fingerprint density at radius 3 is 2.43 bits per heavy atom. The van der Waals surface area contributed by atoms with Crippen LogP contribution >= 0.6 is 0 Å². The Morgan fingerprint density at radius 2 is 1.74 bits per heavy atom. The van der Waals surface area contributed by atoms with Crippen LogP contribution in [0.2, 0.25) is 0 Å². The standard InChI is InChI=1S/C27H33N3O5/c1-4-23(29(18-11-19-34-3)24(31)16-17-25(32)35-5-2)26-28-22-15-10-9-14-21(22)27(33)30(26)20-12-7-6-8-13-20/h6-10,12-15,23H,4-5,11,16-19H2,1-3H3. The van der Waals surface area contributed by atoms with Crippen molar-refractivity contribution in [3.05, 3.63) is 70.8 Å². The van der Waals surface area contributed by atoms with Gasteiger partial charge in [-0.2, -0.15) is 0 Å². The van der Waals surface area contributed by atoms with Crippen LogP contribution in [-0.2, 0) is 19.1 Å². The average molecular weight is 480 g/mol. The third kappa shape index (κ3) is 6.33. The second-order valence-corrected chi connectivity index (χ2v) is 8.13. The highest BCUT2D eigenvalue weighted by molar-refractivity contribution is 5.82. The van der Waals surface area contributed by atoms with Gasteiger partial charge >= 0.3 is 5.97 Å². The Hall–Kier alpha value is -3.52. The third-order valence-electron chi connectivity index (χ3n) is 5.79. The predicted molar refractivity (Wildman–Crippen MR) is 134 cm³/mol. The van der Waals surface area contributed by atoms with Gasteiger partial charge in [-0.1, -0.05) is 37.3 Å². The summed E-state index contributed by atoms with van der Waals surface area (Å²) in [7, 11) is 1.61. The van der Waals surface area contributed by atoms with E-state index < -0.39 is 12.0 Å². The van der Waals surface area contributed by atoms with Gasteiger partial charge in [0.2, 0.25) is 5.91 Å². The number of para-hydroxylation sites is 2. The van der Waals surface area contributed by atoms with E-state index in [1.165, 1.54) is 0 Å². The molecule has 0 aliphatic carbocycles. The molecule has 0 fully saturated rings. The van der Waals surface area contributed by atoms with Gasteiger partial charge in [0.1, 0.15) is 5.82 Å². The summed E-state index contributed by atoms with van der Waals surface area (Å²) >= 11 is 0. The smallest absolute Gasteiger partial charge is 0.306 e. The van der Waals surface area contributed by atoms with Crippen LogP contribution in [0.3, 0.4) is 0 Å². The summed E-state index contributed by atoms with van der Waals surface area (Å²) in [6, 6.07) is 16.1. The number of fused-ring (bicyclic) bond motifs is 1. The third-order valence-corrected chi connectivity index (χ3v) is 5.79. The van der Waals surface area contributed by atoms with Crippen LogP contribution in [0.25, 0.3) is 16.6 Å². The molecule has 0 aliphatic heterocycles. The number of ether oxygens (including phenoxy) is 2. The van der Waals surface area contributed by atoms with Crippen molar-refractivity contribution in [3.8, 4) is 5.69 Å². The minimum atomic E-state index is -0.473. The van der Waals surface area contributed by atoms with Crippen molar-refractivity contribution in [3.63, 3.8) is 0 Å². The first kappa shape index (κ1) is 26.1. The van der Waals surface area contributed by atoms with Gasteiger partial charge < -0.3 is 14.4 Å². The molecule has 8 heteroatoms. The number of rotatable bonds is 12. The van der Waals surface area contributed by atoms with Crippen LogP contribution < -0.4 is 5.56 Å². The lowest BCUT2D eigenvalue weighted by molar-refractivity contribution is -0.146. The van der Waals surface area contributed by atoms with E-state index in [1.54, 1.807) is 35.6 Å². The first-order chi connectivity index (χ1) is 17.0. The van der Waals surface area contributed by atoms with E-state index in [0.29, 0.717) is 48.4 Å². The van der Waals surface area contributed by atoms with Gasteiger partial charge in [0, 0.05) is 26.7 Å². The van der Waals surface area contributed by atoms with Gasteiger partial charge in [-0.3, -0.25) is 19.0 Å². The summed E-state index contributed by atoms with van der Waals surface area (Å²) < 4.78 is 11.8. The van der Waals surface area contributed by atoms with E-state index in [2.05, 4.69) is 0 Å². The zero-order valence-electron chi connectivity index (χ0n) is 20.6. The summed E-state index contributed by atoms with van der Waals surface area (Å²) in [5, 5.41) is 0.509. The van der Waals surface area contributed by atoms with E-state index in [1.807, 2.05) is 49.4 Å². The van der Waals surface area contributed by atoms with Gasteiger partial charge in [0.05, 0.1) is 35.7 Å². The topological polar surface area (TPSA) is 90.7 Å². The zero-order chi connectivity index (χ0) is 25.2. The number of nitrogens with zero attached hydrogens (tertiary/aromatic N) is 3. The fraction of sp³-hybridized carbons (Fsp3) is 0.407. The molecule has 35 heavy (non-hydrogen) atoms. The Labute approximate surface area is 205 Å². The molecule has 1 unspecified atom stereocenters. The lowest BCUT2D eigenvalue weighted by Gasteiger charge is -2.32. The Kier molecular flexibility index (Phi) is 9.55. The minimum Gasteiger partial charge on any atom is -0.466 e. The van der Waals surface area contributed by atoms with Gasteiger partial charge in [0.15, 0.2) is 0 Å². The van der Waals surface area contributed by atoms with Crippen molar-refractivity contribution >= 4 is 22.8 Å². The fourth-order valence-electron chi connectivity index (χ4n) is 4.16. The molecular weight excluding hydrogens is 446 g/mol. The molecule has 1 atom stereocenters. The van der Waals surface area contributed by atoms with Crippen molar-refractivity contribution in [1.29, 1.82) is 0 Å².